The number of nitrogens with one attached hydrogen (secondary N) is 2. The molecule has 0 bridgehead atoms. The normalized spacial score (nSPS) is 21.7. The third-order valence-corrected chi connectivity index (χ3v) is 4.17. The Bertz CT molecular complexity index is 489. The molecule has 25 heavy (non-hydrogen) atoms. The van der Waals surface area contributed by atoms with E-state index in [1.165, 1.54) is 0 Å². The van der Waals surface area contributed by atoms with Crippen molar-refractivity contribution in [2.75, 3.05) is 26.2 Å². The van der Waals surface area contributed by atoms with Crippen LogP contribution in [-0.2, 0) is 19.1 Å². The average Bonchev–Trinajstić information content (AvgIpc) is 3.06. The number of piperidine rings is 1. The molecular formula is C17H29N3O5. The van der Waals surface area contributed by atoms with E-state index >= 15 is 0 Å². The van der Waals surface area contributed by atoms with Crippen molar-refractivity contribution >= 4 is 17.9 Å². The average molecular weight is 355 g/mol. The van der Waals surface area contributed by atoms with Crippen LogP contribution in [0.4, 0.5) is 4.79 Å². The summed E-state index contributed by atoms with van der Waals surface area (Å²) >= 11 is 0. The van der Waals surface area contributed by atoms with Gasteiger partial charge in [0.15, 0.2) is 0 Å². The number of carbonyl (C=O) groups is 3. The number of hydrogen-bond acceptors (Lipinski definition) is 5. The number of hydrogen-bond donors (Lipinski definition) is 2. The first kappa shape index (κ1) is 19.5. The first-order valence-corrected chi connectivity index (χ1v) is 8.91. The van der Waals surface area contributed by atoms with Crippen molar-refractivity contribution in [3.05, 3.63) is 0 Å². The van der Waals surface area contributed by atoms with Gasteiger partial charge in [-0.2, -0.15) is 0 Å². The molecule has 0 radical (unpaired) electrons. The van der Waals surface area contributed by atoms with Crippen LogP contribution in [0, 0.1) is 0 Å². The Morgan fingerprint density at radius 2 is 1.84 bits per heavy atom. The smallest absolute Gasteiger partial charge is 0.408 e. The van der Waals surface area contributed by atoms with Gasteiger partial charge in [0.25, 0.3) is 5.91 Å². The van der Waals surface area contributed by atoms with Gasteiger partial charge >= 0.3 is 6.09 Å². The van der Waals surface area contributed by atoms with E-state index in [-0.39, 0.29) is 30.5 Å². The van der Waals surface area contributed by atoms with Gasteiger partial charge in [0.05, 0.1) is 0 Å². The van der Waals surface area contributed by atoms with Crippen LogP contribution < -0.4 is 10.6 Å². The molecule has 2 rings (SSSR count). The number of rotatable bonds is 4. The molecule has 0 saturated carbocycles. The lowest BCUT2D eigenvalue weighted by Crippen LogP contribution is -2.50. The van der Waals surface area contributed by atoms with Gasteiger partial charge in [-0.05, 0) is 46.5 Å². The molecular weight excluding hydrogens is 326 g/mol. The molecule has 2 aliphatic rings. The highest BCUT2D eigenvalue weighted by atomic mass is 16.6. The van der Waals surface area contributed by atoms with Crippen molar-refractivity contribution in [2.45, 2.75) is 64.2 Å². The molecule has 0 aromatic carbocycles. The minimum absolute atomic E-state index is 0.0153. The molecule has 0 aliphatic carbocycles. The van der Waals surface area contributed by atoms with Gasteiger partial charge in [-0.25, -0.2) is 4.79 Å². The molecule has 2 fully saturated rings. The van der Waals surface area contributed by atoms with Gasteiger partial charge in [0.1, 0.15) is 18.2 Å². The standard InChI is InChI=1S/C17H29N3O5/c1-17(2,3)25-16(23)18-11-14(21)19-12-6-8-20(9-7-12)15(22)13-5-4-10-24-13/h12-13H,4-11H2,1-3H3,(H,18,23)(H,19,21). The van der Waals surface area contributed by atoms with Crippen molar-refractivity contribution in [2.24, 2.45) is 0 Å². The van der Waals surface area contributed by atoms with E-state index in [4.69, 9.17) is 9.47 Å². The first-order valence-electron chi connectivity index (χ1n) is 8.91. The summed E-state index contributed by atoms with van der Waals surface area (Å²) in [5.74, 6) is -0.191. The summed E-state index contributed by atoms with van der Waals surface area (Å²) in [6.45, 7) is 7.05. The van der Waals surface area contributed by atoms with Crippen molar-refractivity contribution in [3.8, 4) is 0 Å². The van der Waals surface area contributed by atoms with E-state index in [0.29, 0.717) is 32.5 Å². The summed E-state index contributed by atoms with van der Waals surface area (Å²) in [5, 5.41) is 5.33. The summed E-state index contributed by atoms with van der Waals surface area (Å²) in [4.78, 5) is 37.5. The predicted molar refractivity (Wildman–Crippen MR) is 91.0 cm³/mol. The largest absolute Gasteiger partial charge is 0.444 e. The Kier molecular flexibility index (Phi) is 6.64. The van der Waals surface area contributed by atoms with Gasteiger partial charge in [-0.3, -0.25) is 9.59 Å². The molecule has 0 spiro atoms. The summed E-state index contributed by atoms with van der Waals surface area (Å²) in [6.07, 6.45) is 2.25. The second-order valence-electron chi connectivity index (χ2n) is 7.52. The molecule has 0 aromatic rings. The summed E-state index contributed by atoms with van der Waals surface area (Å²) in [5.41, 5.74) is -0.594. The van der Waals surface area contributed by atoms with Crippen molar-refractivity contribution in [1.29, 1.82) is 0 Å². The molecule has 142 valence electrons. The fourth-order valence-electron chi connectivity index (χ4n) is 2.97. The Morgan fingerprint density at radius 1 is 1.16 bits per heavy atom. The van der Waals surface area contributed by atoms with Gasteiger partial charge in [-0.15, -0.1) is 0 Å². The molecule has 2 saturated heterocycles. The van der Waals surface area contributed by atoms with Gasteiger partial charge < -0.3 is 25.0 Å². The van der Waals surface area contributed by atoms with Crippen LogP contribution in [0.3, 0.4) is 0 Å². The fraction of sp³-hybridized carbons (Fsp3) is 0.824. The quantitative estimate of drug-likeness (QED) is 0.777. The van der Waals surface area contributed by atoms with Crippen LogP contribution in [0.5, 0.6) is 0 Å². The number of likely N-dealkylation sites (tertiary alicyclic amines) is 1. The molecule has 2 heterocycles. The monoisotopic (exact) mass is 355 g/mol. The molecule has 1 atom stereocenters. The highest BCUT2D eigenvalue weighted by Crippen LogP contribution is 2.18. The van der Waals surface area contributed by atoms with Crippen LogP contribution >= 0.6 is 0 Å². The maximum absolute atomic E-state index is 12.3. The van der Waals surface area contributed by atoms with Crippen molar-refractivity contribution < 1.29 is 23.9 Å². The van der Waals surface area contributed by atoms with Crippen LogP contribution in [0.1, 0.15) is 46.5 Å². The maximum Gasteiger partial charge on any atom is 0.408 e. The third-order valence-electron chi connectivity index (χ3n) is 4.17. The zero-order valence-electron chi connectivity index (χ0n) is 15.3. The topological polar surface area (TPSA) is 97.0 Å². The number of alkyl carbamates (subject to hydrolysis) is 1. The lowest BCUT2D eigenvalue weighted by atomic mass is 10.0. The van der Waals surface area contributed by atoms with E-state index in [0.717, 1.165) is 12.8 Å². The molecule has 8 heteroatoms. The van der Waals surface area contributed by atoms with Crippen LogP contribution in [0.2, 0.25) is 0 Å². The second kappa shape index (κ2) is 8.51. The van der Waals surface area contributed by atoms with Crippen molar-refractivity contribution in [1.82, 2.24) is 15.5 Å². The van der Waals surface area contributed by atoms with E-state index in [1.54, 1.807) is 20.8 Å². The van der Waals surface area contributed by atoms with Gasteiger partial charge in [0.2, 0.25) is 5.91 Å². The maximum atomic E-state index is 12.3. The van der Waals surface area contributed by atoms with Gasteiger partial charge in [0, 0.05) is 25.7 Å². The molecule has 3 amide bonds. The summed E-state index contributed by atoms with van der Waals surface area (Å²) in [7, 11) is 0. The van der Waals surface area contributed by atoms with Crippen LogP contribution in [0.25, 0.3) is 0 Å². The van der Waals surface area contributed by atoms with Crippen LogP contribution in [0.15, 0.2) is 0 Å². The zero-order chi connectivity index (χ0) is 18.4. The Morgan fingerprint density at radius 3 is 2.40 bits per heavy atom. The fourth-order valence-corrected chi connectivity index (χ4v) is 2.97. The van der Waals surface area contributed by atoms with E-state index in [9.17, 15) is 14.4 Å². The third kappa shape index (κ3) is 6.53. The minimum atomic E-state index is -0.611. The molecule has 0 aromatic heterocycles. The lowest BCUT2D eigenvalue weighted by Gasteiger charge is -2.33. The number of ether oxygens (including phenoxy) is 2. The highest BCUT2D eigenvalue weighted by Gasteiger charge is 2.31. The Labute approximate surface area is 148 Å². The zero-order valence-corrected chi connectivity index (χ0v) is 15.3. The van der Waals surface area contributed by atoms with Gasteiger partial charge in [-0.1, -0.05) is 0 Å². The Hall–Kier alpha value is -1.83. The van der Waals surface area contributed by atoms with E-state index < -0.39 is 11.7 Å². The minimum Gasteiger partial charge on any atom is -0.444 e. The number of carbonyl (C=O) groups excluding carboxylic acids is 3. The number of amides is 3. The molecule has 8 nitrogen and oxygen atoms in total. The van der Waals surface area contributed by atoms with E-state index in [2.05, 4.69) is 10.6 Å². The Balaban J connectivity index is 1.65. The lowest BCUT2D eigenvalue weighted by molar-refractivity contribution is -0.142. The molecule has 2 N–H and O–H groups in total. The highest BCUT2D eigenvalue weighted by molar-refractivity contribution is 5.83. The predicted octanol–water partition coefficient (Wildman–Crippen LogP) is 0.797. The first-order chi connectivity index (χ1) is 11.7. The summed E-state index contributed by atoms with van der Waals surface area (Å²) in [6, 6.07) is 0.0153. The summed E-state index contributed by atoms with van der Waals surface area (Å²) < 4.78 is 10.5. The number of nitrogens with zero attached hydrogens (tertiary/aromatic N) is 1. The van der Waals surface area contributed by atoms with E-state index in [1.807, 2.05) is 4.90 Å². The SMILES string of the molecule is CC(C)(C)OC(=O)NCC(=O)NC1CCN(C(=O)C2CCCO2)CC1. The van der Waals surface area contributed by atoms with Crippen LogP contribution in [-0.4, -0.2) is 66.8 Å². The van der Waals surface area contributed by atoms with Crippen molar-refractivity contribution in [3.63, 3.8) is 0 Å². The molecule has 2 aliphatic heterocycles. The second-order valence-corrected chi connectivity index (χ2v) is 7.52. The molecule has 1 unspecified atom stereocenters.